The van der Waals surface area contributed by atoms with Crippen LogP contribution >= 0.6 is 0 Å². The first-order valence-electron chi connectivity index (χ1n) is 17.2. The zero-order valence-corrected chi connectivity index (χ0v) is 28.0. The van der Waals surface area contributed by atoms with Crippen molar-refractivity contribution in [2.45, 2.75) is 128 Å². The van der Waals surface area contributed by atoms with Gasteiger partial charge in [-0.05, 0) is 32.6 Å². The molecule has 7 nitrogen and oxygen atoms in total. The number of ether oxygens (including phenoxy) is 6. The first-order valence-corrected chi connectivity index (χ1v) is 17.2. The molecule has 0 saturated carbocycles. The van der Waals surface area contributed by atoms with E-state index in [1.54, 1.807) is 36.4 Å². The highest BCUT2D eigenvalue weighted by atomic mass is 19.1. The highest BCUT2D eigenvalue weighted by molar-refractivity contribution is 5.46. The first kappa shape index (κ1) is 35.9. The van der Waals surface area contributed by atoms with E-state index in [0.717, 1.165) is 51.4 Å². The average Bonchev–Trinajstić information content (AvgIpc) is 3.05. The van der Waals surface area contributed by atoms with E-state index in [2.05, 4.69) is 27.7 Å². The molecule has 1 fully saturated rings. The van der Waals surface area contributed by atoms with Gasteiger partial charge in [0.15, 0.2) is 5.67 Å². The lowest BCUT2D eigenvalue weighted by atomic mass is 9.73. The second-order valence-electron chi connectivity index (χ2n) is 12.4. The molecule has 2 heterocycles. The topological polar surface area (TPSA) is 75.6 Å². The van der Waals surface area contributed by atoms with E-state index in [1.807, 2.05) is 18.2 Å². The minimum Gasteiger partial charge on any atom is -0.379 e. The van der Waals surface area contributed by atoms with Crippen molar-refractivity contribution in [3.05, 3.63) is 71.3 Å². The molecule has 2 aliphatic rings. The summed E-state index contributed by atoms with van der Waals surface area (Å²) in [6.07, 6.45) is 3.88. The molecule has 0 amide bonds. The second-order valence-corrected chi connectivity index (χ2v) is 12.4. The van der Waals surface area contributed by atoms with Crippen LogP contribution < -0.4 is 0 Å². The predicted octanol–water partition coefficient (Wildman–Crippen LogP) is 7.56. The van der Waals surface area contributed by atoms with Crippen molar-refractivity contribution in [2.75, 3.05) is 33.0 Å². The monoisotopic (exact) mass is 630 g/mol. The third-order valence-electron chi connectivity index (χ3n) is 8.94. The molecule has 0 bridgehead atoms. The van der Waals surface area contributed by atoms with Crippen LogP contribution in [-0.4, -0.2) is 68.3 Å². The van der Waals surface area contributed by atoms with E-state index in [9.17, 15) is 5.11 Å². The van der Waals surface area contributed by atoms with Gasteiger partial charge >= 0.3 is 0 Å². The molecule has 7 atom stereocenters. The molecular weight excluding hydrogens is 575 g/mol. The molecule has 4 rings (SSSR count). The summed E-state index contributed by atoms with van der Waals surface area (Å²) in [4.78, 5) is 0. The lowest BCUT2D eigenvalue weighted by molar-refractivity contribution is -0.463. The maximum Gasteiger partial charge on any atom is 0.240 e. The Morgan fingerprint density at radius 3 is 1.87 bits per heavy atom. The van der Waals surface area contributed by atoms with Gasteiger partial charge in [-0.1, -0.05) is 108 Å². The molecule has 2 unspecified atom stereocenters. The van der Waals surface area contributed by atoms with Crippen LogP contribution in [0.4, 0.5) is 4.39 Å². The van der Waals surface area contributed by atoms with Gasteiger partial charge in [0.2, 0.25) is 11.6 Å². The maximum absolute atomic E-state index is 18.1. The van der Waals surface area contributed by atoms with Crippen LogP contribution in [0.2, 0.25) is 0 Å². The van der Waals surface area contributed by atoms with Crippen LogP contribution in [0.15, 0.2) is 54.6 Å². The average molecular weight is 631 g/mol. The molecule has 0 radical (unpaired) electrons. The summed E-state index contributed by atoms with van der Waals surface area (Å²) in [6, 6.07) is 16.0. The highest BCUT2D eigenvalue weighted by Crippen LogP contribution is 2.58. The zero-order chi connectivity index (χ0) is 32.3. The summed E-state index contributed by atoms with van der Waals surface area (Å²) in [5.74, 6) is -4.15. The largest absolute Gasteiger partial charge is 0.379 e. The summed E-state index contributed by atoms with van der Waals surface area (Å²) in [5, 5.41) is 12.6. The molecule has 0 aliphatic carbocycles. The number of halogens is 1. The Labute approximate surface area is 269 Å². The van der Waals surface area contributed by atoms with Crippen molar-refractivity contribution in [2.24, 2.45) is 0 Å². The maximum atomic E-state index is 18.1. The number of aliphatic hydroxyl groups is 1. The van der Waals surface area contributed by atoms with Crippen LogP contribution in [0.1, 0.15) is 103 Å². The Balaban J connectivity index is 1.91. The Kier molecular flexibility index (Phi) is 13.4. The third kappa shape index (κ3) is 7.64. The van der Waals surface area contributed by atoms with Gasteiger partial charge in [0.1, 0.15) is 24.4 Å². The molecule has 252 valence electrons. The van der Waals surface area contributed by atoms with Crippen molar-refractivity contribution in [3.8, 4) is 0 Å². The fourth-order valence-corrected chi connectivity index (χ4v) is 6.29. The molecule has 2 aromatic rings. The number of hydrogen-bond donors (Lipinski definition) is 1. The lowest BCUT2D eigenvalue weighted by Gasteiger charge is -2.60. The fraction of sp³-hybridized carbons (Fsp3) is 0.676. The van der Waals surface area contributed by atoms with Crippen LogP contribution in [-0.2, 0) is 39.9 Å². The van der Waals surface area contributed by atoms with E-state index >= 15 is 4.39 Å². The van der Waals surface area contributed by atoms with Crippen LogP contribution in [0.5, 0.6) is 0 Å². The smallest absolute Gasteiger partial charge is 0.240 e. The first-order chi connectivity index (χ1) is 21.8. The molecule has 8 heteroatoms. The van der Waals surface area contributed by atoms with Gasteiger partial charge in [-0.3, -0.25) is 0 Å². The lowest BCUT2D eigenvalue weighted by Crippen LogP contribution is -2.76. The molecule has 1 N–H and O–H groups in total. The van der Waals surface area contributed by atoms with E-state index < -0.39 is 41.7 Å². The fourth-order valence-electron chi connectivity index (χ4n) is 6.29. The van der Waals surface area contributed by atoms with Crippen LogP contribution in [0.25, 0.3) is 0 Å². The van der Waals surface area contributed by atoms with Gasteiger partial charge in [0.25, 0.3) is 0 Å². The van der Waals surface area contributed by atoms with Crippen molar-refractivity contribution < 1.29 is 37.9 Å². The number of alkyl halides is 1. The molecule has 0 aromatic heterocycles. The van der Waals surface area contributed by atoms with Gasteiger partial charge in [0, 0.05) is 43.1 Å². The normalized spacial score (nSPS) is 31.3. The molecular formula is C37H55FO7. The quantitative estimate of drug-likeness (QED) is 0.170. The molecule has 45 heavy (non-hydrogen) atoms. The third-order valence-corrected chi connectivity index (χ3v) is 8.94. The van der Waals surface area contributed by atoms with Crippen molar-refractivity contribution >= 4 is 0 Å². The van der Waals surface area contributed by atoms with Gasteiger partial charge in [0.05, 0.1) is 6.61 Å². The molecule has 2 aliphatic heterocycles. The summed E-state index contributed by atoms with van der Waals surface area (Å²) < 4.78 is 57.6. The second kappa shape index (κ2) is 16.8. The minimum atomic E-state index is -2.26. The highest BCUT2D eigenvalue weighted by Gasteiger charge is 2.72. The zero-order valence-electron chi connectivity index (χ0n) is 28.0. The van der Waals surface area contributed by atoms with Gasteiger partial charge in [-0.25, -0.2) is 4.39 Å². The standard InChI is InChI=1S/C37H55FO7/c1-6-10-23-40-27-31-32(41-24-11-7-2)33(42-25-12-8-3)34(43-26-13-9-4)37(44-31)35(5,38)29-21-17-18-22-30(29)36(39,45-37)28-19-15-14-16-20-28/h14-22,31-34,39H,6-13,23-27H2,1-5H3/t31-,32-,33+,34-,35?,36?,37+/m1/s1. The van der Waals surface area contributed by atoms with Crippen LogP contribution in [0, 0.1) is 0 Å². The summed E-state index contributed by atoms with van der Waals surface area (Å²) in [7, 11) is 0. The number of hydrogen-bond acceptors (Lipinski definition) is 7. The SMILES string of the molecule is CCCCOC[C@H]1O[C@]2(OC(O)(c3ccccc3)c3ccccc3C2(C)F)[C@H](OCCCC)[C@@H](OCCCC)[C@@H]1OCCCC. The number of rotatable bonds is 18. The van der Waals surface area contributed by atoms with E-state index in [4.69, 9.17) is 28.4 Å². The Hall–Kier alpha value is -1.91. The van der Waals surface area contributed by atoms with Crippen molar-refractivity contribution in [3.63, 3.8) is 0 Å². The van der Waals surface area contributed by atoms with Gasteiger partial charge in [-0.2, -0.15) is 0 Å². The van der Waals surface area contributed by atoms with Gasteiger partial charge in [-0.15, -0.1) is 0 Å². The summed E-state index contributed by atoms with van der Waals surface area (Å²) in [5.41, 5.74) is -1.20. The van der Waals surface area contributed by atoms with Gasteiger partial charge < -0.3 is 33.5 Å². The van der Waals surface area contributed by atoms with Crippen LogP contribution in [0.3, 0.4) is 0 Å². The molecule has 1 spiro atoms. The number of benzene rings is 2. The minimum absolute atomic E-state index is 0.151. The van der Waals surface area contributed by atoms with E-state index in [0.29, 0.717) is 37.6 Å². The number of fused-ring (bicyclic) bond motifs is 1. The Bertz CT molecular complexity index is 1150. The van der Waals surface area contributed by atoms with Crippen molar-refractivity contribution in [1.82, 2.24) is 0 Å². The molecule has 2 aromatic carbocycles. The van der Waals surface area contributed by atoms with E-state index in [-0.39, 0.29) is 12.2 Å². The molecule has 1 saturated heterocycles. The Morgan fingerprint density at radius 2 is 1.24 bits per heavy atom. The van der Waals surface area contributed by atoms with E-state index in [1.165, 1.54) is 6.92 Å². The Morgan fingerprint density at radius 1 is 0.711 bits per heavy atom. The number of unbranched alkanes of at least 4 members (excludes halogenated alkanes) is 4. The predicted molar refractivity (Wildman–Crippen MR) is 173 cm³/mol. The summed E-state index contributed by atoms with van der Waals surface area (Å²) in [6.45, 7) is 11.8. The summed E-state index contributed by atoms with van der Waals surface area (Å²) >= 11 is 0. The van der Waals surface area contributed by atoms with Crippen molar-refractivity contribution in [1.29, 1.82) is 0 Å².